The van der Waals surface area contributed by atoms with Gasteiger partial charge in [0.25, 0.3) is 5.91 Å². The van der Waals surface area contributed by atoms with Gasteiger partial charge >= 0.3 is 0 Å². The summed E-state index contributed by atoms with van der Waals surface area (Å²) < 4.78 is 6.81. The summed E-state index contributed by atoms with van der Waals surface area (Å²) >= 11 is 0. The summed E-state index contributed by atoms with van der Waals surface area (Å²) in [4.78, 5) is 16.3. The molecule has 9 nitrogen and oxygen atoms in total. The molecule has 0 aromatic carbocycles. The second kappa shape index (κ2) is 6.45. The second-order valence-corrected chi connectivity index (χ2v) is 6.03. The van der Waals surface area contributed by atoms with Gasteiger partial charge in [-0.1, -0.05) is 10.4 Å². The maximum atomic E-state index is 12.2. The quantitative estimate of drug-likeness (QED) is 0.857. The van der Waals surface area contributed by atoms with E-state index in [1.807, 2.05) is 0 Å². The Morgan fingerprint density at radius 2 is 2.17 bits per heavy atom. The van der Waals surface area contributed by atoms with E-state index in [1.165, 1.54) is 0 Å². The molecule has 0 saturated heterocycles. The van der Waals surface area contributed by atoms with Crippen molar-refractivity contribution in [2.24, 2.45) is 5.73 Å². The van der Waals surface area contributed by atoms with Crippen LogP contribution >= 0.6 is 0 Å². The molecule has 2 aromatic rings. The molecule has 1 atom stereocenters. The first-order chi connectivity index (χ1) is 11.0. The largest absolute Gasteiger partial charge is 0.339 e. The summed E-state index contributed by atoms with van der Waals surface area (Å²) in [5.41, 5.74) is 6.19. The summed E-state index contributed by atoms with van der Waals surface area (Å²) in [5, 5.41) is 14.5. The molecule has 0 unspecified atom stereocenters. The van der Waals surface area contributed by atoms with E-state index < -0.39 is 0 Å². The summed E-state index contributed by atoms with van der Waals surface area (Å²) in [6.07, 6.45) is 5.55. The summed E-state index contributed by atoms with van der Waals surface area (Å²) in [5.74, 6) is 0.583. The van der Waals surface area contributed by atoms with Gasteiger partial charge in [-0.25, -0.2) is 4.68 Å². The van der Waals surface area contributed by atoms with Gasteiger partial charge in [-0.15, -0.1) is 5.10 Å². The van der Waals surface area contributed by atoms with Gasteiger partial charge in [-0.2, -0.15) is 4.98 Å². The molecule has 2 heterocycles. The molecule has 0 radical (unpaired) electrons. The van der Waals surface area contributed by atoms with Crippen LogP contribution in [0.3, 0.4) is 0 Å². The van der Waals surface area contributed by atoms with E-state index in [2.05, 4.69) is 25.8 Å². The van der Waals surface area contributed by atoms with E-state index in [1.54, 1.807) is 24.7 Å². The molecular formula is C14H21N7O2. The number of hydrogen-bond donors (Lipinski definition) is 2. The van der Waals surface area contributed by atoms with Crippen molar-refractivity contribution in [3.05, 3.63) is 23.6 Å². The molecular weight excluding hydrogens is 298 g/mol. The average Bonchev–Trinajstić information content (AvgIpc) is 3.17. The first kappa shape index (κ1) is 15.6. The van der Waals surface area contributed by atoms with E-state index in [9.17, 15) is 4.79 Å². The highest BCUT2D eigenvalue weighted by Crippen LogP contribution is 2.26. The first-order valence-electron chi connectivity index (χ1n) is 7.81. The standard InChI is InChI=1S/C14H21N7O2/c1-8(14-17-9(2)19-23-14)16-13(22)12-7-21(20-18-12)11-5-3-10(15)4-6-11/h7-8,10-11H,3-6,15H2,1-2H3,(H,16,22)/t8-,10?,11?/m1/s1. The second-order valence-electron chi connectivity index (χ2n) is 6.03. The Balaban J connectivity index is 1.62. The Morgan fingerprint density at radius 3 is 2.83 bits per heavy atom. The Kier molecular flexibility index (Phi) is 4.37. The molecule has 3 N–H and O–H groups in total. The lowest BCUT2D eigenvalue weighted by atomic mass is 9.92. The van der Waals surface area contributed by atoms with Crippen molar-refractivity contribution in [1.82, 2.24) is 30.5 Å². The summed E-state index contributed by atoms with van der Waals surface area (Å²) in [6, 6.07) is 0.151. The van der Waals surface area contributed by atoms with E-state index in [0.717, 1.165) is 25.7 Å². The van der Waals surface area contributed by atoms with Crippen LogP contribution in [-0.2, 0) is 0 Å². The van der Waals surface area contributed by atoms with Crippen LogP contribution in [0.2, 0.25) is 0 Å². The molecule has 1 amide bonds. The number of aromatic nitrogens is 5. The molecule has 0 aliphatic heterocycles. The van der Waals surface area contributed by atoms with Gasteiger partial charge in [0.1, 0.15) is 6.04 Å². The molecule has 1 aliphatic rings. The van der Waals surface area contributed by atoms with Crippen LogP contribution in [-0.4, -0.2) is 37.1 Å². The fraction of sp³-hybridized carbons (Fsp3) is 0.643. The lowest BCUT2D eigenvalue weighted by molar-refractivity contribution is 0.0927. The predicted molar refractivity (Wildman–Crippen MR) is 80.4 cm³/mol. The third-order valence-electron chi connectivity index (χ3n) is 4.12. The molecule has 1 aliphatic carbocycles. The Labute approximate surface area is 133 Å². The number of rotatable bonds is 4. The van der Waals surface area contributed by atoms with Crippen LogP contribution in [0.4, 0.5) is 0 Å². The highest BCUT2D eigenvalue weighted by atomic mass is 16.5. The Morgan fingerprint density at radius 1 is 1.43 bits per heavy atom. The fourth-order valence-electron chi connectivity index (χ4n) is 2.75. The van der Waals surface area contributed by atoms with Crippen molar-refractivity contribution in [3.8, 4) is 0 Å². The van der Waals surface area contributed by atoms with Crippen LogP contribution in [0.15, 0.2) is 10.7 Å². The van der Waals surface area contributed by atoms with E-state index in [-0.39, 0.29) is 29.7 Å². The maximum Gasteiger partial charge on any atom is 0.274 e. The number of hydrogen-bond acceptors (Lipinski definition) is 7. The van der Waals surface area contributed by atoms with Crippen molar-refractivity contribution < 1.29 is 9.32 Å². The first-order valence-corrected chi connectivity index (χ1v) is 7.81. The van der Waals surface area contributed by atoms with E-state index in [0.29, 0.717) is 11.7 Å². The smallest absolute Gasteiger partial charge is 0.274 e. The zero-order valence-corrected chi connectivity index (χ0v) is 13.3. The topological polar surface area (TPSA) is 125 Å². The average molecular weight is 319 g/mol. The minimum atomic E-state index is -0.387. The number of nitrogens with zero attached hydrogens (tertiary/aromatic N) is 5. The molecule has 0 spiro atoms. The van der Waals surface area contributed by atoms with Gasteiger partial charge in [0.2, 0.25) is 5.89 Å². The van der Waals surface area contributed by atoms with Gasteiger partial charge in [0.15, 0.2) is 11.5 Å². The van der Waals surface area contributed by atoms with Gasteiger partial charge in [-0.3, -0.25) is 4.79 Å². The number of aryl methyl sites for hydroxylation is 1. The molecule has 124 valence electrons. The molecule has 0 bridgehead atoms. The van der Waals surface area contributed by atoms with Gasteiger partial charge in [-0.05, 0) is 39.5 Å². The summed E-state index contributed by atoms with van der Waals surface area (Å²) in [7, 11) is 0. The highest BCUT2D eigenvalue weighted by molar-refractivity contribution is 5.92. The predicted octanol–water partition coefficient (Wildman–Crippen LogP) is 0.903. The molecule has 1 saturated carbocycles. The van der Waals surface area contributed by atoms with Crippen molar-refractivity contribution >= 4 is 5.91 Å². The lowest BCUT2D eigenvalue weighted by Crippen LogP contribution is -2.28. The minimum Gasteiger partial charge on any atom is -0.339 e. The van der Waals surface area contributed by atoms with Gasteiger partial charge in [0.05, 0.1) is 12.2 Å². The molecule has 1 fully saturated rings. The SMILES string of the molecule is Cc1noc([C@@H](C)NC(=O)c2cn(C3CCC(N)CC3)nn2)n1. The van der Waals surface area contributed by atoms with Crippen LogP contribution in [0.5, 0.6) is 0 Å². The van der Waals surface area contributed by atoms with Crippen molar-refractivity contribution in [3.63, 3.8) is 0 Å². The molecule has 3 rings (SSSR count). The zero-order valence-electron chi connectivity index (χ0n) is 13.3. The minimum absolute atomic E-state index is 0.264. The molecule has 2 aromatic heterocycles. The maximum absolute atomic E-state index is 12.2. The Bertz CT molecular complexity index is 672. The van der Waals surface area contributed by atoms with Gasteiger partial charge < -0.3 is 15.6 Å². The van der Waals surface area contributed by atoms with Crippen molar-refractivity contribution in [1.29, 1.82) is 0 Å². The lowest BCUT2D eigenvalue weighted by Gasteiger charge is -2.25. The molecule has 23 heavy (non-hydrogen) atoms. The van der Waals surface area contributed by atoms with Crippen LogP contribution in [0.1, 0.15) is 66.9 Å². The third-order valence-corrected chi connectivity index (χ3v) is 4.12. The van der Waals surface area contributed by atoms with E-state index in [4.69, 9.17) is 10.3 Å². The van der Waals surface area contributed by atoms with Crippen molar-refractivity contribution in [2.45, 2.75) is 57.7 Å². The van der Waals surface area contributed by atoms with Crippen LogP contribution < -0.4 is 11.1 Å². The fourth-order valence-corrected chi connectivity index (χ4v) is 2.75. The highest BCUT2D eigenvalue weighted by Gasteiger charge is 2.23. The number of nitrogens with two attached hydrogens (primary N) is 1. The zero-order chi connectivity index (χ0) is 16.4. The number of carbonyl (C=O) groups is 1. The Hall–Kier alpha value is -2.29. The number of carbonyl (C=O) groups excluding carboxylic acids is 1. The number of amides is 1. The van der Waals surface area contributed by atoms with Gasteiger partial charge in [0, 0.05) is 6.04 Å². The normalized spacial score (nSPS) is 22.7. The van der Waals surface area contributed by atoms with Crippen molar-refractivity contribution in [2.75, 3.05) is 0 Å². The summed E-state index contributed by atoms with van der Waals surface area (Å²) in [6.45, 7) is 3.50. The van der Waals surface area contributed by atoms with Crippen LogP contribution in [0.25, 0.3) is 0 Å². The third kappa shape index (κ3) is 3.55. The number of nitrogens with one attached hydrogen (secondary N) is 1. The monoisotopic (exact) mass is 319 g/mol. The van der Waals surface area contributed by atoms with E-state index >= 15 is 0 Å². The molecule has 9 heteroatoms. The van der Waals surface area contributed by atoms with Crippen LogP contribution in [0, 0.1) is 6.92 Å².